The lowest BCUT2D eigenvalue weighted by Crippen LogP contribution is -2.29. The Morgan fingerprint density at radius 2 is 1.27 bits per heavy atom. The Morgan fingerprint density at radius 1 is 0.818 bits per heavy atom. The molecule has 0 heterocycles. The average Bonchev–Trinajstić information content (AvgIpc) is 2.22. The van der Waals surface area contributed by atoms with Gasteiger partial charge < -0.3 is 5.11 Å². The molecule has 0 aliphatic rings. The summed E-state index contributed by atoms with van der Waals surface area (Å²) >= 11 is 0. The summed E-state index contributed by atoms with van der Waals surface area (Å²) < 4.78 is 0. The molecular weight excluding hydrogens is 274 g/mol. The number of nitrogens with one attached hydrogen (secondary N) is 1. The molecule has 0 radical (unpaired) electrons. The van der Waals surface area contributed by atoms with Gasteiger partial charge in [-0.3, -0.25) is 5.32 Å². The van der Waals surface area contributed by atoms with Gasteiger partial charge in [0.15, 0.2) is 0 Å². The van der Waals surface area contributed by atoms with E-state index in [1.54, 1.807) is 0 Å². The van der Waals surface area contributed by atoms with E-state index in [0.29, 0.717) is 5.69 Å². The van der Waals surface area contributed by atoms with Gasteiger partial charge in [-0.1, -0.05) is 68.4 Å². The number of carbonyl (C=O) groups is 1. The van der Waals surface area contributed by atoms with Crippen LogP contribution in [0.25, 0.3) is 0 Å². The highest BCUT2D eigenvalue weighted by atomic mass is 16.4. The van der Waals surface area contributed by atoms with Crippen molar-refractivity contribution in [1.29, 1.82) is 0 Å². The zero-order chi connectivity index (χ0) is 17.5. The van der Waals surface area contributed by atoms with Crippen molar-refractivity contribution in [3.8, 4) is 0 Å². The lowest BCUT2D eigenvalue weighted by atomic mass is 9.68. The van der Waals surface area contributed by atoms with Crippen LogP contribution in [-0.4, -0.2) is 11.2 Å². The first kappa shape index (κ1) is 18.5. The maximum absolute atomic E-state index is 11.2. The average molecular weight is 305 g/mol. The lowest BCUT2D eigenvalue weighted by molar-refractivity contribution is 0.209. The Morgan fingerprint density at radius 3 is 1.59 bits per heavy atom. The van der Waals surface area contributed by atoms with Crippen LogP contribution in [0.3, 0.4) is 0 Å². The van der Waals surface area contributed by atoms with Gasteiger partial charge in [0.05, 0.1) is 0 Å². The summed E-state index contributed by atoms with van der Waals surface area (Å²) in [6.45, 7) is 19.6. The minimum Gasteiger partial charge on any atom is -0.465 e. The normalized spacial score (nSPS) is 13.1. The molecule has 2 N–H and O–H groups in total. The predicted molar refractivity (Wildman–Crippen MR) is 94.2 cm³/mol. The number of carboxylic acid groups (broad SMARTS) is 1. The largest absolute Gasteiger partial charge is 0.465 e. The molecule has 3 heteroatoms. The Kier molecular flexibility index (Phi) is 4.72. The lowest BCUT2D eigenvalue weighted by Gasteiger charge is -2.37. The molecule has 0 aliphatic carbocycles. The molecule has 3 nitrogen and oxygen atoms in total. The van der Waals surface area contributed by atoms with Crippen molar-refractivity contribution < 1.29 is 9.90 Å². The molecule has 0 fully saturated rings. The number of anilines is 1. The van der Waals surface area contributed by atoms with Crippen LogP contribution in [0.1, 0.15) is 79.0 Å². The van der Waals surface area contributed by atoms with Crippen molar-refractivity contribution in [3.63, 3.8) is 0 Å². The van der Waals surface area contributed by atoms with E-state index >= 15 is 0 Å². The van der Waals surface area contributed by atoms with Crippen LogP contribution in [0, 0.1) is 0 Å². The SMILES string of the molecule is CC(C)(C)c1ccc(NC(=O)O)c(C(C)(C)C)c1C(C)(C)C. The first-order chi connectivity index (χ1) is 9.65. The summed E-state index contributed by atoms with van der Waals surface area (Å²) in [4.78, 5) is 11.2. The van der Waals surface area contributed by atoms with E-state index in [4.69, 9.17) is 5.11 Å². The number of hydrogen-bond donors (Lipinski definition) is 2. The predicted octanol–water partition coefficient (Wildman–Crippen LogP) is 5.67. The monoisotopic (exact) mass is 305 g/mol. The highest BCUT2D eigenvalue weighted by molar-refractivity contribution is 5.85. The third-order valence-electron chi connectivity index (χ3n) is 3.75. The molecule has 1 amide bonds. The summed E-state index contributed by atoms with van der Waals surface area (Å²) in [5.74, 6) is 0. The summed E-state index contributed by atoms with van der Waals surface area (Å²) in [7, 11) is 0. The van der Waals surface area contributed by atoms with E-state index in [9.17, 15) is 4.79 Å². The smallest absolute Gasteiger partial charge is 0.409 e. The van der Waals surface area contributed by atoms with Gasteiger partial charge in [0.1, 0.15) is 0 Å². The molecule has 0 atom stereocenters. The van der Waals surface area contributed by atoms with E-state index in [0.717, 1.165) is 5.56 Å². The van der Waals surface area contributed by atoms with Crippen molar-refractivity contribution in [1.82, 2.24) is 0 Å². The Balaban J connectivity index is 3.88. The van der Waals surface area contributed by atoms with Crippen LogP contribution in [0.2, 0.25) is 0 Å². The fourth-order valence-corrected chi connectivity index (χ4v) is 3.01. The van der Waals surface area contributed by atoms with Gasteiger partial charge in [-0.25, -0.2) is 4.79 Å². The first-order valence-corrected chi connectivity index (χ1v) is 7.84. The molecular formula is C19H31NO2. The molecule has 0 bridgehead atoms. The molecule has 0 unspecified atom stereocenters. The van der Waals surface area contributed by atoms with Crippen molar-refractivity contribution >= 4 is 11.8 Å². The number of hydrogen-bond acceptors (Lipinski definition) is 1. The minimum absolute atomic E-state index is 0.00433. The van der Waals surface area contributed by atoms with Crippen molar-refractivity contribution in [2.24, 2.45) is 0 Å². The van der Waals surface area contributed by atoms with E-state index < -0.39 is 6.09 Å². The second kappa shape index (κ2) is 5.60. The molecule has 0 saturated carbocycles. The molecule has 0 aromatic heterocycles. The standard InChI is InChI=1S/C19H31NO2/c1-17(2,3)12-10-11-13(20-16(21)22)15(19(7,8)9)14(12)18(4,5)6/h10-11,20H,1-9H3,(H,21,22). The third kappa shape index (κ3) is 4.02. The van der Waals surface area contributed by atoms with Gasteiger partial charge in [-0.2, -0.15) is 0 Å². The molecule has 0 aliphatic heterocycles. The summed E-state index contributed by atoms with van der Waals surface area (Å²) in [6, 6.07) is 3.98. The van der Waals surface area contributed by atoms with Crippen LogP contribution in [-0.2, 0) is 16.2 Å². The van der Waals surface area contributed by atoms with Gasteiger partial charge in [0.25, 0.3) is 0 Å². The topological polar surface area (TPSA) is 49.3 Å². The molecule has 124 valence electrons. The fraction of sp³-hybridized carbons (Fsp3) is 0.632. The van der Waals surface area contributed by atoms with Crippen LogP contribution in [0.4, 0.5) is 10.5 Å². The van der Waals surface area contributed by atoms with E-state index in [1.807, 2.05) is 6.07 Å². The zero-order valence-corrected chi connectivity index (χ0v) is 15.5. The molecule has 22 heavy (non-hydrogen) atoms. The minimum atomic E-state index is -1.02. The third-order valence-corrected chi connectivity index (χ3v) is 3.75. The van der Waals surface area contributed by atoms with Crippen LogP contribution in [0.5, 0.6) is 0 Å². The maximum Gasteiger partial charge on any atom is 0.409 e. The Labute approximate surface area is 135 Å². The summed E-state index contributed by atoms with van der Waals surface area (Å²) in [5, 5.41) is 11.8. The van der Waals surface area contributed by atoms with Crippen molar-refractivity contribution in [3.05, 3.63) is 28.8 Å². The van der Waals surface area contributed by atoms with Crippen LogP contribution < -0.4 is 5.32 Å². The van der Waals surface area contributed by atoms with Gasteiger partial charge in [-0.05, 0) is 39.0 Å². The zero-order valence-electron chi connectivity index (χ0n) is 15.5. The van der Waals surface area contributed by atoms with Crippen molar-refractivity contribution in [2.45, 2.75) is 78.6 Å². The number of rotatable bonds is 1. The summed E-state index contributed by atoms with van der Waals surface area (Å²) in [6.07, 6.45) is -1.02. The van der Waals surface area contributed by atoms with Crippen molar-refractivity contribution in [2.75, 3.05) is 5.32 Å². The Bertz CT molecular complexity index is 567. The summed E-state index contributed by atoms with van der Waals surface area (Å²) in [5.41, 5.74) is 4.10. The quantitative estimate of drug-likeness (QED) is 0.702. The van der Waals surface area contributed by atoms with Crippen LogP contribution in [0.15, 0.2) is 12.1 Å². The van der Waals surface area contributed by atoms with Gasteiger partial charge >= 0.3 is 6.09 Å². The first-order valence-electron chi connectivity index (χ1n) is 7.84. The highest BCUT2D eigenvalue weighted by Gasteiger charge is 2.33. The molecule has 1 aromatic rings. The molecule has 1 rings (SSSR count). The van der Waals surface area contributed by atoms with E-state index in [2.05, 4.69) is 73.7 Å². The van der Waals surface area contributed by atoms with E-state index in [1.165, 1.54) is 11.1 Å². The van der Waals surface area contributed by atoms with Gasteiger partial charge in [-0.15, -0.1) is 0 Å². The van der Waals surface area contributed by atoms with Gasteiger partial charge in [0.2, 0.25) is 0 Å². The second-order valence-electron chi connectivity index (χ2n) is 9.09. The maximum atomic E-state index is 11.2. The van der Waals surface area contributed by atoms with E-state index in [-0.39, 0.29) is 16.2 Å². The van der Waals surface area contributed by atoms with Gasteiger partial charge in [0, 0.05) is 5.69 Å². The molecule has 0 saturated heterocycles. The van der Waals surface area contributed by atoms with Crippen LogP contribution >= 0.6 is 0 Å². The highest BCUT2D eigenvalue weighted by Crippen LogP contribution is 2.44. The fourth-order valence-electron chi connectivity index (χ4n) is 3.01. The second-order valence-corrected chi connectivity index (χ2v) is 9.09. The number of benzene rings is 1. The molecule has 0 spiro atoms. The Hall–Kier alpha value is -1.51. The molecule has 1 aromatic carbocycles. The number of amides is 1.